The predicted octanol–water partition coefficient (Wildman–Crippen LogP) is 0.787. The monoisotopic (exact) mass is 222 g/mol. The molecule has 0 aromatic heterocycles. The quantitative estimate of drug-likeness (QED) is 0.660. The van der Waals surface area contributed by atoms with Crippen molar-refractivity contribution in [2.75, 3.05) is 25.4 Å². The molecule has 86 valence electrons. The Hall–Kier alpha value is -0.130. The van der Waals surface area contributed by atoms with Crippen LogP contribution in [0.1, 0.15) is 33.1 Å². The van der Waals surface area contributed by atoms with E-state index in [4.69, 9.17) is 5.14 Å². The molecule has 0 aliphatic rings. The number of nitrogens with two attached hydrogens (primary N) is 1. The minimum atomic E-state index is -3.28. The molecule has 0 rings (SSSR count). The third-order valence-corrected chi connectivity index (χ3v) is 2.84. The lowest BCUT2D eigenvalue weighted by Crippen LogP contribution is -2.29. The van der Waals surface area contributed by atoms with Crippen LogP contribution < -0.4 is 5.14 Å². The summed E-state index contributed by atoms with van der Waals surface area (Å²) in [4.78, 5) is 2.28. The summed E-state index contributed by atoms with van der Waals surface area (Å²) in [6.07, 6.45) is 2.85. The van der Waals surface area contributed by atoms with E-state index in [1.165, 1.54) is 0 Å². The second-order valence-corrected chi connectivity index (χ2v) is 5.30. The van der Waals surface area contributed by atoms with Crippen molar-refractivity contribution in [1.82, 2.24) is 4.90 Å². The molecule has 5 heteroatoms. The average Bonchev–Trinajstić information content (AvgIpc) is 2.02. The minimum absolute atomic E-state index is 0.0942. The van der Waals surface area contributed by atoms with Gasteiger partial charge in [0.05, 0.1) is 5.75 Å². The number of primary sulfonamides is 1. The van der Waals surface area contributed by atoms with Gasteiger partial charge < -0.3 is 4.90 Å². The van der Waals surface area contributed by atoms with E-state index in [9.17, 15) is 8.42 Å². The molecule has 0 aliphatic carbocycles. The van der Waals surface area contributed by atoms with E-state index in [1.54, 1.807) is 0 Å². The van der Waals surface area contributed by atoms with Crippen molar-refractivity contribution < 1.29 is 8.42 Å². The molecular formula is C9H22N2O2S. The lowest BCUT2D eigenvalue weighted by Gasteiger charge is -2.20. The third-order valence-electron chi connectivity index (χ3n) is 1.98. The fraction of sp³-hybridized carbons (Fsp3) is 1.00. The maximum absolute atomic E-state index is 10.7. The number of rotatable bonds is 8. The highest BCUT2D eigenvalue weighted by Gasteiger charge is 2.05. The van der Waals surface area contributed by atoms with E-state index in [1.807, 2.05) is 0 Å². The zero-order valence-electron chi connectivity index (χ0n) is 9.20. The molecule has 0 atom stereocenters. The molecular weight excluding hydrogens is 200 g/mol. The molecule has 0 fully saturated rings. The molecule has 2 N–H and O–H groups in total. The van der Waals surface area contributed by atoms with Crippen LogP contribution in [-0.2, 0) is 10.0 Å². The summed E-state index contributed by atoms with van der Waals surface area (Å²) in [5.41, 5.74) is 0. The van der Waals surface area contributed by atoms with Gasteiger partial charge in [-0.3, -0.25) is 0 Å². The van der Waals surface area contributed by atoms with Crippen LogP contribution in [-0.4, -0.2) is 38.7 Å². The normalized spacial score (nSPS) is 12.3. The maximum Gasteiger partial charge on any atom is 0.209 e. The van der Waals surface area contributed by atoms with Gasteiger partial charge in [0.15, 0.2) is 0 Å². The highest BCUT2D eigenvalue weighted by Crippen LogP contribution is 1.97. The second-order valence-electron chi connectivity index (χ2n) is 3.56. The van der Waals surface area contributed by atoms with Gasteiger partial charge >= 0.3 is 0 Å². The molecule has 0 radical (unpaired) electrons. The van der Waals surface area contributed by atoms with Crippen LogP contribution in [0.2, 0.25) is 0 Å². The van der Waals surface area contributed by atoms with Crippen LogP contribution >= 0.6 is 0 Å². The van der Waals surface area contributed by atoms with Crippen molar-refractivity contribution in [2.45, 2.75) is 33.1 Å². The van der Waals surface area contributed by atoms with Crippen LogP contribution in [0.5, 0.6) is 0 Å². The molecule has 0 saturated carbocycles. The van der Waals surface area contributed by atoms with Gasteiger partial charge in [0, 0.05) is 0 Å². The van der Waals surface area contributed by atoms with Gasteiger partial charge in [-0.2, -0.15) is 0 Å². The zero-order valence-corrected chi connectivity index (χ0v) is 10.0. The first kappa shape index (κ1) is 13.9. The summed E-state index contributed by atoms with van der Waals surface area (Å²) in [5, 5.41) is 4.92. The smallest absolute Gasteiger partial charge is 0.209 e. The summed E-state index contributed by atoms with van der Waals surface area (Å²) < 4.78 is 21.4. The molecule has 0 spiro atoms. The van der Waals surface area contributed by atoms with Crippen molar-refractivity contribution >= 4 is 10.0 Å². The SMILES string of the molecule is CCCN(CCC)CCCS(N)(=O)=O. The molecule has 0 aliphatic heterocycles. The lowest BCUT2D eigenvalue weighted by atomic mass is 10.3. The lowest BCUT2D eigenvalue weighted by molar-refractivity contribution is 0.275. The van der Waals surface area contributed by atoms with Crippen molar-refractivity contribution in [3.63, 3.8) is 0 Å². The minimum Gasteiger partial charge on any atom is -0.303 e. The van der Waals surface area contributed by atoms with E-state index in [2.05, 4.69) is 18.7 Å². The number of hydrogen-bond acceptors (Lipinski definition) is 3. The number of nitrogens with zero attached hydrogens (tertiary/aromatic N) is 1. The fourth-order valence-corrected chi connectivity index (χ4v) is 1.99. The van der Waals surface area contributed by atoms with Crippen LogP contribution in [0.25, 0.3) is 0 Å². The van der Waals surface area contributed by atoms with Crippen LogP contribution in [0.3, 0.4) is 0 Å². The molecule has 0 amide bonds. The summed E-state index contributed by atoms with van der Waals surface area (Å²) in [5.74, 6) is 0.0942. The largest absolute Gasteiger partial charge is 0.303 e. The molecule has 0 heterocycles. The summed E-state index contributed by atoms with van der Waals surface area (Å²) in [7, 11) is -3.28. The Labute approximate surface area is 87.5 Å². The van der Waals surface area contributed by atoms with Crippen molar-refractivity contribution in [2.24, 2.45) is 5.14 Å². The standard InChI is InChI=1S/C9H22N2O2S/c1-3-6-11(7-4-2)8-5-9-14(10,12)13/h3-9H2,1-2H3,(H2,10,12,13). The Kier molecular flexibility index (Phi) is 7.13. The summed E-state index contributed by atoms with van der Waals surface area (Å²) in [6.45, 7) is 7.17. The Morgan fingerprint density at radius 2 is 1.57 bits per heavy atom. The number of hydrogen-bond donors (Lipinski definition) is 1. The van der Waals surface area contributed by atoms with Gasteiger partial charge in [-0.25, -0.2) is 13.6 Å². The van der Waals surface area contributed by atoms with Crippen LogP contribution in [0.4, 0.5) is 0 Å². The first-order valence-electron chi connectivity index (χ1n) is 5.22. The average molecular weight is 222 g/mol. The van der Waals surface area contributed by atoms with Gasteiger partial charge in [0.2, 0.25) is 10.0 Å². The Morgan fingerprint density at radius 1 is 1.07 bits per heavy atom. The van der Waals surface area contributed by atoms with Gasteiger partial charge in [-0.1, -0.05) is 13.8 Å². The highest BCUT2D eigenvalue weighted by molar-refractivity contribution is 7.89. The Morgan fingerprint density at radius 3 is 1.93 bits per heavy atom. The van der Waals surface area contributed by atoms with Gasteiger partial charge in [-0.15, -0.1) is 0 Å². The van der Waals surface area contributed by atoms with E-state index in [0.29, 0.717) is 6.42 Å². The molecule has 0 aromatic rings. The van der Waals surface area contributed by atoms with E-state index in [0.717, 1.165) is 32.5 Å². The van der Waals surface area contributed by atoms with Crippen LogP contribution in [0.15, 0.2) is 0 Å². The van der Waals surface area contributed by atoms with Gasteiger partial charge in [-0.05, 0) is 38.9 Å². The first-order chi connectivity index (χ1) is 6.49. The highest BCUT2D eigenvalue weighted by atomic mass is 32.2. The third kappa shape index (κ3) is 8.47. The molecule has 4 nitrogen and oxygen atoms in total. The second kappa shape index (κ2) is 7.20. The van der Waals surface area contributed by atoms with E-state index < -0.39 is 10.0 Å². The van der Waals surface area contributed by atoms with Crippen LogP contribution in [0, 0.1) is 0 Å². The molecule has 0 saturated heterocycles. The molecule has 0 aromatic carbocycles. The number of sulfonamides is 1. The van der Waals surface area contributed by atoms with Crippen molar-refractivity contribution in [1.29, 1.82) is 0 Å². The van der Waals surface area contributed by atoms with E-state index >= 15 is 0 Å². The molecule has 0 unspecified atom stereocenters. The van der Waals surface area contributed by atoms with Gasteiger partial charge in [0.25, 0.3) is 0 Å². The Balaban J connectivity index is 3.70. The molecule has 14 heavy (non-hydrogen) atoms. The topological polar surface area (TPSA) is 63.4 Å². The van der Waals surface area contributed by atoms with E-state index in [-0.39, 0.29) is 5.75 Å². The summed E-state index contributed by atoms with van der Waals surface area (Å²) in [6, 6.07) is 0. The first-order valence-corrected chi connectivity index (χ1v) is 6.94. The predicted molar refractivity (Wildman–Crippen MR) is 59.6 cm³/mol. The van der Waals surface area contributed by atoms with Gasteiger partial charge in [0.1, 0.15) is 0 Å². The fourth-order valence-electron chi connectivity index (χ4n) is 1.46. The Bertz CT molecular complexity index is 221. The summed E-state index contributed by atoms with van der Waals surface area (Å²) >= 11 is 0. The van der Waals surface area contributed by atoms with Crippen molar-refractivity contribution in [3.8, 4) is 0 Å². The maximum atomic E-state index is 10.7. The van der Waals surface area contributed by atoms with Crippen molar-refractivity contribution in [3.05, 3.63) is 0 Å². The zero-order chi connectivity index (χ0) is 11.0. The molecule has 0 bridgehead atoms.